The van der Waals surface area contributed by atoms with Crippen LogP contribution in [0.2, 0.25) is 0 Å². The highest BCUT2D eigenvalue weighted by atomic mass is 32.1. The van der Waals surface area contributed by atoms with Gasteiger partial charge in [0.2, 0.25) is 0 Å². The number of allylic oxidation sites excluding steroid dienone is 17. The maximum absolute atomic E-state index is 5.11. The van der Waals surface area contributed by atoms with Crippen LogP contribution in [0.15, 0.2) is 211 Å². The van der Waals surface area contributed by atoms with Crippen LogP contribution in [-0.4, -0.2) is 0 Å². The molecule has 0 saturated heterocycles. The molecule has 76 heavy (non-hydrogen) atoms. The SMILES string of the molecule is C/C=C\C(=C\CCCCC)CCCc1ccc(/C=C/C=C(\S)c2ccc3c(Nc4ccccc4)c4c(c(N(C(/C=C\C)=C/C)c5ccccc5)c3c2)CC=CC=C4)s1.C1=C/C=C\C=C/CC=1.CC.CC.CC.CC.CC. The zero-order valence-electron chi connectivity index (χ0n) is 49.3. The Bertz CT molecular complexity index is 2720. The minimum absolute atomic E-state index is 0.791. The molecule has 7 rings (SSSR count). The fourth-order valence-corrected chi connectivity index (χ4v) is 9.32. The van der Waals surface area contributed by atoms with Gasteiger partial charge in [-0.3, -0.25) is 0 Å². The Labute approximate surface area is 474 Å². The molecule has 0 bridgehead atoms. The first-order valence-corrected chi connectivity index (χ1v) is 29.9. The van der Waals surface area contributed by atoms with Crippen LogP contribution < -0.4 is 10.2 Å². The average Bonchev–Trinajstić information content (AvgIpc) is 3.78. The third kappa shape index (κ3) is 23.3. The van der Waals surface area contributed by atoms with Crippen molar-refractivity contribution in [2.45, 2.75) is 155 Å². The molecule has 2 nitrogen and oxygen atoms in total. The van der Waals surface area contributed by atoms with Crippen molar-refractivity contribution in [1.82, 2.24) is 0 Å². The van der Waals surface area contributed by atoms with Gasteiger partial charge in [-0.05, 0) is 150 Å². The van der Waals surface area contributed by atoms with E-state index in [-0.39, 0.29) is 0 Å². The summed E-state index contributed by atoms with van der Waals surface area (Å²) in [5.41, 5.74) is 13.6. The number of thiophene rings is 1. The van der Waals surface area contributed by atoms with Crippen LogP contribution >= 0.6 is 24.0 Å². The van der Waals surface area contributed by atoms with E-state index in [1.54, 1.807) is 0 Å². The minimum atomic E-state index is 0.791. The molecule has 0 saturated carbocycles. The van der Waals surface area contributed by atoms with Crippen molar-refractivity contribution in [3.63, 3.8) is 0 Å². The highest BCUT2D eigenvalue weighted by molar-refractivity contribution is 7.90. The molecule has 5 aromatic rings. The molecule has 0 fully saturated rings. The average molecular weight is 1050 g/mol. The Morgan fingerprint density at radius 1 is 0.724 bits per heavy atom. The van der Waals surface area contributed by atoms with E-state index in [1.165, 1.54) is 64.2 Å². The van der Waals surface area contributed by atoms with Gasteiger partial charge >= 0.3 is 0 Å². The lowest BCUT2D eigenvalue weighted by atomic mass is 9.91. The van der Waals surface area contributed by atoms with Crippen LogP contribution in [0.5, 0.6) is 0 Å². The van der Waals surface area contributed by atoms with Gasteiger partial charge in [-0.25, -0.2) is 0 Å². The second kappa shape index (κ2) is 43.9. The summed E-state index contributed by atoms with van der Waals surface area (Å²) in [6.45, 7) is 28.6. The molecule has 1 aromatic heterocycles. The highest BCUT2D eigenvalue weighted by Crippen LogP contribution is 2.47. The van der Waals surface area contributed by atoms with Crippen molar-refractivity contribution >= 4 is 74.5 Å². The molecule has 1 heterocycles. The van der Waals surface area contributed by atoms with E-state index < -0.39 is 0 Å². The Morgan fingerprint density at radius 3 is 2.11 bits per heavy atom. The predicted octanol–water partition coefficient (Wildman–Crippen LogP) is 24.1. The zero-order chi connectivity index (χ0) is 56.2. The molecular weight excluding hydrogens is 957 g/mol. The quantitative estimate of drug-likeness (QED) is 0.0299. The van der Waals surface area contributed by atoms with Gasteiger partial charge in [0, 0.05) is 48.1 Å². The maximum Gasteiger partial charge on any atom is 0.0582 e. The first-order chi connectivity index (χ1) is 37.5. The van der Waals surface area contributed by atoms with Gasteiger partial charge in [0.1, 0.15) is 0 Å². The number of benzene rings is 4. The fourth-order valence-electron chi connectivity index (χ4n) is 8.12. The Hall–Kier alpha value is -6.29. The number of thiol groups is 1. The molecule has 0 unspecified atom stereocenters. The van der Waals surface area contributed by atoms with Gasteiger partial charge in [-0.1, -0.05) is 228 Å². The normalized spacial score (nSPS) is 13.3. The first-order valence-electron chi connectivity index (χ1n) is 28.7. The van der Waals surface area contributed by atoms with Crippen LogP contribution in [0.3, 0.4) is 0 Å². The number of nitrogens with zero attached hydrogens (tertiary/aromatic N) is 1. The van der Waals surface area contributed by atoms with E-state index in [4.69, 9.17) is 12.6 Å². The lowest BCUT2D eigenvalue weighted by molar-refractivity contribution is 0.724. The minimum Gasteiger partial charge on any atom is -0.355 e. The van der Waals surface area contributed by atoms with Crippen molar-refractivity contribution in [2.75, 3.05) is 10.2 Å². The molecule has 1 N–H and O–H groups in total. The molecule has 4 aromatic carbocycles. The van der Waals surface area contributed by atoms with Gasteiger partial charge < -0.3 is 10.2 Å². The van der Waals surface area contributed by atoms with E-state index in [0.717, 1.165) is 69.7 Å². The number of para-hydroxylation sites is 2. The van der Waals surface area contributed by atoms with E-state index >= 15 is 0 Å². The lowest BCUT2D eigenvalue weighted by Crippen LogP contribution is -2.18. The molecule has 0 spiro atoms. The van der Waals surface area contributed by atoms with Gasteiger partial charge in [-0.15, -0.1) is 29.7 Å². The van der Waals surface area contributed by atoms with E-state index in [9.17, 15) is 0 Å². The maximum atomic E-state index is 5.11. The van der Waals surface area contributed by atoms with Crippen molar-refractivity contribution in [3.05, 3.63) is 238 Å². The second-order valence-corrected chi connectivity index (χ2v) is 17.9. The number of nitrogens with one attached hydrogen (secondary N) is 1. The summed E-state index contributed by atoms with van der Waals surface area (Å²) in [6.07, 6.45) is 51.0. The van der Waals surface area contributed by atoms with Gasteiger partial charge in [0.05, 0.1) is 11.4 Å². The van der Waals surface area contributed by atoms with Crippen LogP contribution in [0, 0.1) is 0 Å². The fraction of sp³-hybridized carbons (Fsp3) is 0.319. The van der Waals surface area contributed by atoms with Crippen molar-refractivity contribution in [1.29, 1.82) is 0 Å². The number of aryl methyl sites for hydroxylation is 1. The molecule has 2 aliphatic carbocycles. The molecule has 0 amide bonds. The third-order valence-electron chi connectivity index (χ3n) is 11.3. The first kappa shape index (κ1) is 67.7. The van der Waals surface area contributed by atoms with E-state index in [2.05, 4.69) is 220 Å². The monoisotopic (exact) mass is 1050 g/mol. The van der Waals surface area contributed by atoms with Crippen LogP contribution in [-0.2, 0) is 12.8 Å². The topological polar surface area (TPSA) is 15.3 Å². The third-order valence-corrected chi connectivity index (χ3v) is 12.8. The van der Waals surface area contributed by atoms with Crippen molar-refractivity contribution in [2.24, 2.45) is 0 Å². The van der Waals surface area contributed by atoms with Crippen LogP contribution in [0.4, 0.5) is 22.7 Å². The van der Waals surface area contributed by atoms with Gasteiger partial charge in [0.25, 0.3) is 0 Å². The Kier molecular flexibility index (Phi) is 39.1. The lowest BCUT2D eigenvalue weighted by Gasteiger charge is -2.32. The van der Waals surface area contributed by atoms with Crippen LogP contribution in [0.25, 0.3) is 27.8 Å². The molecule has 0 aliphatic heterocycles. The molecule has 4 heteroatoms. The summed E-state index contributed by atoms with van der Waals surface area (Å²) >= 11 is 7.00. The summed E-state index contributed by atoms with van der Waals surface area (Å²) in [5, 5.41) is 6.15. The number of rotatable bonds is 18. The van der Waals surface area contributed by atoms with E-state index in [1.807, 2.05) is 111 Å². The summed E-state index contributed by atoms with van der Waals surface area (Å²) in [4.78, 5) is 6.04. The van der Waals surface area contributed by atoms with Gasteiger partial charge in [-0.2, -0.15) is 0 Å². The largest absolute Gasteiger partial charge is 0.355 e. The number of hydrogen-bond acceptors (Lipinski definition) is 4. The van der Waals surface area contributed by atoms with Gasteiger partial charge in [0.15, 0.2) is 0 Å². The number of anilines is 4. The smallest absolute Gasteiger partial charge is 0.0582 e. The predicted molar refractivity (Wildman–Crippen MR) is 355 cm³/mol. The summed E-state index contributed by atoms with van der Waals surface area (Å²) < 4.78 is 0. The summed E-state index contributed by atoms with van der Waals surface area (Å²) in [7, 11) is 0. The zero-order valence-corrected chi connectivity index (χ0v) is 51.0. The molecule has 0 radical (unpaired) electrons. The van der Waals surface area contributed by atoms with Crippen LogP contribution in [0.1, 0.15) is 168 Å². The molecular formula is C72H96N2S2. The van der Waals surface area contributed by atoms with Crippen molar-refractivity contribution < 1.29 is 0 Å². The Balaban J connectivity index is 0.00000140. The second-order valence-electron chi connectivity index (χ2n) is 16.2. The van der Waals surface area contributed by atoms with Crippen molar-refractivity contribution in [3.8, 4) is 0 Å². The number of unbranched alkanes of at least 4 members (excludes halogenated alkanes) is 3. The standard InChI is InChI=1S/C54H58N2S2.C8H8.5C2H6/c1-5-9-10-14-25-41(23-6-2)26-21-31-46-37-38-47(58-46)32-22-35-52(57)42-36-39-49-51(40-42)54(56(44(8-4)24-7-3)45-29-17-12-18-30-45)50-34-20-13-19-33-48(50)53(49)55-43-27-15-11-16-28-43;1-2-4-6-8-7-5-3-1;5*1-2/h6-8,11-13,15-20,22-25,27-30,32-33,35-40,55,57H,5,9-10,14,21,26,31,34H2,1-4H3;1-5,8H,6H2;5*1-2H3/b23-6-,24-7-,32-22+,41-25-,44-8+,52-35-;3-1-,4-2-;;;;;. The molecule has 0 atom stereocenters. The highest BCUT2D eigenvalue weighted by Gasteiger charge is 2.25. The van der Waals surface area contributed by atoms with E-state index in [0.29, 0.717) is 0 Å². The summed E-state index contributed by atoms with van der Waals surface area (Å²) in [5.74, 6) is 0. The molecule has 2 aliphatic rings. The molecule has 406 valence electrons. The summed E-state index contributed by atoms with van der Waals surface area (Å²) in [6, 6.07) is 32.5. The number of fused-ring (bicyclic) bond motifs is 2. The number of hydrogen-bond donors (Lipinski definition) is 2. The Morgan fingerprint density at radius 2 is 1.42 bits per heavy atom.